The lowest BCUT2D eigenvalue weighted by molar-refractivity contribution is -0.137. The predicted octanol–water partition coefficient (Wildman–Crippen LogP) is 1.70. The van der Waals surface area contributed by atoms with Gasteiger partial charge in [-0.1, -0.05) is 23.7 Å². The minimum atomic E-state index is -0.963. The Morgan fingerprint density at radius 3 is 2.72 bits per heavy atom. The summed E-state index contributed by atoms with van der Waals surface area (Å²) in [5.74, 6) is -0.925. The van der Waals surface area contributed by atoms with Crippen molar-refractivity contribution in [3.05, 3.63) is 29.3 Å². The topological polar surface area (TPSA) is 75.6 Å². The Hall–Kier alpha value is -1.75. The van der Waals surface area contributed by atoms with E-state index in [1.165, 1.54) is 0 Å². The van der Waals surface area contributed by atoms with Crippen molar-refractivity contribution >= 4 is 23.5 Å². The smallest absolute Gasteiger partial charge is 0.305 e. The second-order valence-electron chi connectivity index (χ2n) is 3.63. The first-order chi connectivity index (χ1) is 8.50. The molecule has 0 aliphatic heterocycles. The molecule has 18 heavy (non-hydrogen) atoms. The molecule has 6 heteroatoms. The van der Waals surface area contributed by atoms with Crippen molar-refractivity contribution in [1.29, 1.82) is 0 Å². The maximum Gasteiger partial charge on any atom is 0.305 e. The quantitative estimate of drug-likeness (QED) is 0.826. The minimum absolute atomic E-state index is 0.0738. The maximum atomic E-state index is 11.6. The second kappa shape index (κ2) is 6.86. The van der Waals surface area contributed by atoms with Gasteiger partial charge in [-0.2, -0.15) is 0 Å². The second-order valence-corrected chi connectivity index (χ2v) is 4.03. The number of amides is 1. The van der Waals surface area contributed by atoms with E-state index in [2.05, 4.69) is 5.32 Å². The van der Waals surface area contributed by atoms with Crippen LogP contribution in [0, 0.1) is 0 Å². The van der Waals surface area contributed by atoms with E-state index in [1.54, 1.807) is 31.2 Å². The number of hydrogen-bond acceptors (Lipinski definition) is 3. The van der Waals surface area contributed by atoms with Gasteiger partial charge >= 0.3 is 5.97 Å². The Kier molecular flexibility index (Phi) is 5.45. The van der Waals surface area contributed by atoms with Gasteiger partial charge in [0.15, 0.2) is 6.10 Å². The number of benzene rings is 1. The van der Waals surface area contributed by atoms with Crippen LogP contribution in [0.5, 0.6) is 5.75 Å². The number of halogens is 1. The molecule has 1 atom stereocenters. The van der Waals surface area contributed by atoms with Gasteiger partial charge in [-0.3, -0.25) is 9.59 Å². The zero-order valence-corrected chi connectivity index (χ0v) is 10.6. The Balaban J connectivity index is 2.45. The SMILES string of the molecule is CC(Oc1ccccc1Cl)C(=O)NCCC(=O)O. The van der Waals surface area contributed by atoms with Crippen molar-refractivity contribution in [2.45, 2.75) is 19.4 Å². The molecule has 0 fully saturated rings. The van der Waals surface area contributed by atoms with E-state index in [9.17, 15) is 9.59 Å². The zero-order valence-electron chi connectivity index (χ0n) is 9.85. The number of nitrogens with one attached hydrogen (secondary N) is 1. The van der Waals surface area contributed by atoms with Crippen molar-refractivity contribution in [1.82, 2.24) is 5.32 Å². The summed E-state index contributed by atoms with van der Waals surface area (Å²) in [7, 11) is 0. The fourth-order valence-corrected chi connectivity index (χ4v) is 1.40. The standard InChI is InChI=1S/C12H14ClNO4/c1-8(12(17)14-7-6-11(15)16)18-10-5-3-2-4-9(10)13/h2-5,8H,6-7H2,1H3,(H,14,17)(H,15,16). The Labute approximate surface area is 110 Å². The summed E-state index contributed by atoms with van der Waals surface area (Å²) in [6.45, 7) is 1.64. The van der Waals surface area contributed by atoms with Gasteiger partial charge in [-0.15, -0.1) is 0 Å². The fourth-order valence-electron chi connectivity index (χ4n) is 1.22. The van der Waals surface area contributed by atoms with Gasteiger partial charge in [-0.25, -0.2) is 0 Å². The number of carboxylic acids is 1. The van der Waals surface area contributed by atoms with Crippen LogP contribution in [0.25, 0.3) is 0 Å². The average Bonchev–Trinajstić information content (AvgIpc) is 2.31. The third kappa shape index (κ3) is 4.63. The van der Waals surface area contributed by atoms with E-state index < -0.39 is 12.1 Å². The fraction of sp³-hybridized carbons (Fsp3) is 0.333. The van der Waals surface area contributed by atoms with Crippen LogP contribution in [-0.2, 0) is 9.59 Å². The number of rotatable bonds is 6. The zero-order chi connectivity index (χ0) is 13.5. The van der Waals surface area contributed by atoms with Gasteiger partial charge in [0.1, 0.15) is 5.75 Å². The van der Waals surface area contributed by atoms with E-state index >= 15 is 0 Å². The molecule has 1 unspecified atom stereocenters. The summed E-state index contributed by atoms with van der Waals surface area (Å²) in [4.78, 5) is 21.9. The van der Waals surface area contributed by atoms with Gasteiger partial charge in [0.25, 0.3) is 5.91 Å². The highest BCUT2D eigenvalue weighted by atomic mass is 35.5. The number of aliphatic carboxylic acids is 1. The third-order valence-corrected chi connectivity index (χ3v) is 2.46. The van der Waals surface area contributed by atoms with Crippen LogP contribution in [0.15, 0.2) is 24.3 Å². The van der Waals surface area contributed by atoms with Crippen LogP contribution in [0.1, 0.15) is 13.3 Å². The lowest BCUT2D eigenvalue weighted by atomic mass is 10.3. The normalized spacial score (nSPS) is 11.7. The Morgan fingerprint density at radius 1 is 1.44 bits per heavy atom. The molecule has 0 saturated heterocycles. The highest BCUT2D eigenvalue weighted by Gasteiger charge is 2.15. The molecule has 0 saturated carbocycles. The molecule has 0 radical (unpaired) electrons. The Bertz CT molecular complexity index is 436. The summed E-state index contributed by atoms with van der Waals surface area (Å²) >= 11 is 5.88. The number of carbonyl (C=O) groups excluding carboxylic acids is 1. The third-order valence-electron chi connectivity index (χ3n) is 2.15. The first-order valence-electron chi connectivity index (χ1n) is 5.41. The molecule has 0 aliphatic carbocycles. The molecular formula is C12H14ClNO4. The molecule has 0 heterocycles. The molecular weight excluding hydrogens is 258 g/mol. The monoisotopic (exact) mass is 271 g/mol. The van der Waals surface area contributed by atoms with Crippen LogP contribution in [0.4, 0.5) is 0 Å². The molecule has 2 N–H and O–H groups in total. The van der Waals surface area contributed by atoms with E-state index in [4.69, 9.17) is 21.4 Å². The predicted molar refractivity (Wildman–Crippen MR) is 66.8 cm³/mol. The van der Waals surface area contributed by atoms with Crippen LogP contribution in [-0.4, -0.2) is 29.6 Å². The van der Waals surface area contributed by atoms with E-state index in [-0.39, 0.29) is 18.9 Å². The van der Waals surface area contributed by atoms with Gasteiger partial charge in [-0.05, 0) is 19.1 Å². The number of hydrogen-bond donors (Lipinski definition) is 2. The number of carboxylic acid groups (broad SMARTS) is 1. The van der Waals surface area contributed by atoms with Crippen molar-refractivity contribution in [3.63, 3.8) is 0 Å². The Morgan fingerprint density at radius 2 is 2.11 bits per heavy atom. The first kappa shape index (κ1) is 14.3. The molecule has 0 bridgehead atoms. The molecule has 1 aromatic rings. The van der Waals surface area contributed by atoms with Gasteiger partial charge in [0.05, 0.1) is 11.4 Å². The van der Waals surface area contributed by atoms with Crippen molar-refractivity contribution < 1.29 is 19.4 Å². The molecule has 98 valence electrons. The van der Waals surface area contributed by atoms with E-state index in [0.29, 0.717) is 10.8 Å². The number of ether oxygens (including phenoxy) is 1. The van der Waals surface area contributed by atoms with E-state index in [0.717, 1.165) is 0 Å². The van der Waals surface area contributed by atoms with Crippen LogP contribution < -0.4 is 10.1 Å². The summed E-state index contributed by atoms with van der Waals surface area (Å²) in [5, 5.41) is 11.3. The summed E-state index contributed by atoms with van der Waals surface area (Å²) in [6, 6.07) is 6.82. The van der Waals surface area contributed by atoms with Crippen molar-refractivity contribution in [2.24, 2.45) is 0 Å². The number of para-hydroxylation sites is 1. The lowest BCUT2D eigenvalue weighted by Crippen LogP contribution is -2.37. The molecule has 0 spiro atoms. The molecule has 1 aromatic carbocycles. The molecule has 1 rings (SSSR count). The van der Waals surface area contributed by atoms with Gasteiger partial charge in [0.2, 0.25) is 0 Å². The minimum Gasteiger partial charge on any atom is -0.481 e. The average molecular weight is 272 g/mol. The van der Waals surface area contributed by atoms with Gasteiger partial charge < -0.3 is 15.2 Å². The molecule has 0 aliphatic rings. The van der Waals surface area contributed by atoms with Gasteiger partial charge in [0, 0.05) is 6.54 Å². The van der Waals surface area contributed by atoms with Crippen LogP contribution >= 0.6 is 11.6 Å². The van der Waals surface area contributed by atoms with Crippen molar-refractivity contribution in [3.8, 4) is 5.75 Å². The number of carbonyl (C=O) groups is 2. The molecule has 1 amide bonds. The first-order valence-corrected chi connectivity index (χ1v) is 5.79. The molecule has 0 aromatic heterocycles. The summed E-state index contributed by atoms with van der Waals surface area (Å²) in [5.41, 5.74) is 0. The van der Waals surface area contributed by atoms with E-state index in [1.807, 2.05) is 0 Å². The van der Waals surface area contributed by atoms with Crippen LogP contribution in [0.2, 0.25) is 5.02 Å². The van der Waals surface area contributed by atoms with Crippen molar-refractivity contribution in [2.75, 3.05) is 6.54 Å². The highest BCUT2D eigenvalue weighted by Crippen LogP contribution is 2.24. The van der Waals surface area contributed by atoms with Crippen LogP contribution in [0.3, 0.4) is 0 Å². The lowest BCUT2D eigenvalue weighted by Gasteiger charge is -2.15. The maximum absolute atomic E-state index is 11.6. The largest absolute Gasteiger partial charge is 0.481 e. The molecule has 5 nitrogen and oxygen atoms in total. The highest BCUT2D eigenvalue weighted by molar-refractivity contribution is 6.32. The summed E-state index contributed by atoms with van der Waals surface area (Å²) in [6.07, 6.45) is -0.858. The summed E-state index contributed by atoms with van der Waals surface area (Å²) < 4.78 is 5.37.